The third-order valence-corrected chi connectivity index (χ3v) is 10.7. The molecular weight excluding hydrogens is 847 g/mol. The molecule has 320 valence electrons. The molecule has 7 rings (SSSR count). The van der Waals surface area contributed by atoms with Crippen LogP contribution >= 0.6 is 34.8 Å². The van der Waals surface area contributed by atoms with Crippen LogP contribution in [0.1, 0.15) is 84.9 Å². The van der Waals surface area contributed by atoms with E-state index in [1.54, 1.807) is 23.1 Å². The highest BCUT2D eigenvalue weighted by molar-refractivity contribution is 6.54. The summed E-state index contributed by atoms with van der Waals surface area (Å²) in [6.07, 6.45) is -0.315. The number of nitrogen functional groups attached to an aromatic ring is 1. The van der Waals surface area contributed by atoms with Gasteiger partial charge in [0.05, 0.1) is 43.3 Å². The number of nitrogens with zero attached hydrogens (tertiary/aromatic N) is 5. The Balaban J connectivity index is 0.000000176. The number of anilines is 3. The van der Waals surface area contributed by atoms with Gasteiger partial charge in [0.1, 0.15) is 18.2 Å². The predicted molar refractivity (Wildman–Crippen MR) is 234 cm³/mol. The zero-order chi connectivity index (χ0) is 44.4. The molecule has 1 aromatic heterocycles. The molecule has 0 saturated carbocycles. The number of benzene rings is 4. The lowest BCUT2D eigenvalue weighted by Crippen LogP contribution is -2.47. The lowest BCUT2D eigenvalue weighted by Gasteiger charge is -2.35. The molecule has 5 aromatic rings. The Kier molecular flexibility index (Phi) is 16.2. The maximum Gasteiger partial charge on any atom is 0.306 e. The van der Waals surface area contributed by atoms with Crippen LogP contribution in [0.4, 0.5) is 26.4 Å². The number of carbonyl (C=O) groups is 2. The summed E-state index contributed by atoms with van der Waals surface area (Å²) in [6, 6.07) is 29.2. The van der Waals surface area contributed by atoms with Crippen molar-refractivity contribution in [1.82, 2.24) is 15.0 Å². The zero-order valence-electron chi connectivity index (χ0n) is 34.2. The number of para-hydroxylation sites is 2. The molecule has 2 heterocycles. The van der Waals surface area contributed by atoms with Crippen molar-refractivity contribution >= 4 is 64.3 Å². The fourth-order valence-corrected chi connectivity index (χ4v) is 7.69. The van der Waals surface area contributed by atoms with Crippen LogP contribution in [0.25, 0.3) is 0 Å². The maximum atomic E-state index is 13.7. The number of nitriles is 1. The first kappa shape index (κ1) is 46.5. The molecule has 0 radical (unpaired) electrons. The molecule has 4 aromatic carbocycles. The lowest BCUT2D eigenvalue weighted by atomic mass is 9.80. The van der Waals surface area contributed by atoms with Crippen LogP contribution in [-0.2, 0) is 20.7 Å². The summed E-state index contributed by atoms with van der Waals surface area (Å²) in [5.74, 6) is -0.944. The zero-order valence-corrected chi connectivity index (χ0v) is 36.4. The van der Waals surface area contributed by atoms with Gasteiger partial charge in [-0.1, -0.05) is 108 Å². The van der Waals surface area contributed by atoms with Gasteiger partial charge in [-0.3, -0.25) is 9.59 Å². The second-order valence-electron chi connectivity index (χ2n) is 14.7. The van der Waals surface area contributed by atoms with Gasteiger partial charge in [-0.05, 0) is 85.7 Å². The molecule has 61 heavy (non-hydrogen) atoms. The van der Waals surface area contributed by atoms with Crippen LogP contribution < -0.4 is 20.7 Å². The first-order chi connectivity index (χ1) is 29.1. The van der Waals surface area contributed by atoms with E-state index in [0.717, 1.165) is 17.7 Å². The summed E-state index contributed by atoms with van der Waals surface area (Å²) in [5, 5.41) is 13.1. The second-order valence-corrected chi connectivity index (χ2v) is 16.3. The fraction of sp³-hybridized carbons (Fsp3) is 0.333. The van der Waals surface area contributed by atoms with Crippen molar-refractivity contribution in [1.29, 1.82) is 5.26 Å². The highest BCUT2D eigenvalue weighted by Gasteiger charge is 2.33. The van der Waals surface area contributed by atoms with Crippen molar-refractivity contribution in [3.63, 3.8) is 0 Å². The van der Waals surface area contributed by atoms with E-state index in [1.165, 1.54) is 42.9 Å². The molecule has 6 atom stereocenters. The van der Waals surface area contributed by atoms with Crippen LogP contribution in [0.3, 0.4) is 0 Å². The van der Waals surface area contributed by atoms with E-state index in [2.05, 4.69) is 58.4 Å². The van der Waals surface area contributed by atoms with Gasteiger partial charge < -0.3 is 25.4 Å². The number of methoxy groups -OCH3 is 1. The molecule has 0 fully saturated rings. The molecule has 3 N–H and O–H groups in total. The molecule has 1 aliphatic heterocycles. The van der Waals surface area contributed by atoms with Crippen LogP contribution in [-0.4, -0.2) is 51.4 Å². The molecular formula is C45H46Cl3F2N7O4. The van der Waals surface area contributed by atoms with Gasteiger partial charge in [0, 0.05) is 10.9 Å². The summed E-state index contributed by atoms with van der Waals surface area (Å²) in [5.41, 5.74) is 11.4. The smallest absolute Gasteiger partial charge is 0.306 e. The van der Waals surface area contributed by atoms with E-state index in [-0.39, 0.29) is 41.2 Å². The Labute approximate surface area is 369 Å². The summed E-state index contributed by atoms with van der Waals surface area (Å²) >= 11 is 17.2. The molecule has 0 spiro atoms. The van der Waals surface area contributed by atoms with Gasteiger partial charge in [0.2, 0.25) is 11.9 Å². The number of ether oxygens (including phenoxy) is 2. The normalized spacial score (nSPS) is 17.7. The van der Waals surface area contributed by atoms with Crippen molar-refractivity contribution in [2.24, 2.45) is 5.92 Å². The van der Waals surface area contributed by atoms with Gasteiger partial charge >= 0.3 is 5.97 Å². The minimum Gasteiger partial charge on any atom is -0.489 e. The summed E-state index contributed by atoms with van der Waals surface area (Å²) < 4.78 is 37.4. The standard InChI is InChI=1S/C18H15ClFNO2.C16H20FN5.C11H11Cl2NO2/c1-23-18(22)10-16(13-7-14(19)9-15(20)8-13)17(11-21)12-5-3-2-4-6-12;1-8-4-5-11-7-9(2)13(12(11)6-8)19-16-21-14(10(3)17)20-15(18)22-16;1-7-6-16-9-5-3-2-4-8(9)14(7)11(15)10(12)13/h2-9,16-17H,10H2,1H3;4-6,9-10,13H,7H2,1-3H3,(H3,18,19,20,21,22);2-5,7,10H,6H2,1H3/t;9-,10?,13+;/m.0./s1. The average Bonchev–Trinajstić information content (AvgIpc) is 3.53. The number of aryl methyl sites for hydroxylation is 1. The first-order valence-electron chi connectivity index (χ1n) is 19.4. The molecule has 11 nitrogen and oxygen atoms in total. The van der Waals surface area contributed by atoms with E-state index in [0.29, 0.717) is 29.8 Å². The molecule has 4 unspecified atom stereocenters. The molecule has 1 amide bonds. The van der Waals surface area contributed by atoms with E-state index in [4.69, 9.17) is 50.0 Å². The van der Waals surface area contributed by atoms with Crippen LogP contribution in [0.2, 0.25) is 5.02 Å². The number of amides is 1. The Hall–Kier alpha value is -5.55. The third kappa shape index (κ3) is 12.1. The van der Waals surface area contributed by atoms with Crippen molar-refractivity contribution in [3.05, 3.63) is 135 Å². The number of hydrogen-bond donors (Lipinski definition) is 2. The topological polar surface area (TPSA) is 156 Å². The minimum atomic E-state index is -1.28. The van der Waals surface area contributed by atoms with E-state index in [9.17, 15) is 23.6 Å². The van der Waals surface area contributed by atoms with Gasteiger partial charge in [0.25, 0.3) is 5.91 Å². The quantitative estimate of drug-likeness (QED) is 0.108. The number of esters is 1. The van der Waals surface area contributed by atoms with E-state index < -0.39 is 34.6 Å². The number of hydrogen-bond acceptors (Lipinski definition) is 10. The van der Waals surface area contributed by atoms with Crippen LogP contribution in [0.15, 0.2) is 91.0 Å². The molecule has 1 aliphatic carbocycles. The number of alkyl halides is 3. The molecule has 16 heteroatoms. The predicted octanol–water partition coefficient (Wildman–Crippen LogP) is 10.2. The monoisotopic (exact) mass is 891 g/mol. The van der Waals surface area contributed by atoms with E-state index in [1.807, 2.05) is 49.4 Å². The summed E-state index contributed by atoms with van der Waals surface area (Å²) in [4.78, 5) is 36.2. The minimum absolute atomic E-state index is 0.0344. The van der Waals surface area contributed by atoms with Gasteiger partial charge in [-0.2, -0.15) is 20.2 Å². The third-order valence-electron chi connectivity index (χ3n) is 10.2. The largest absolute Gasteiger partial charge is 0.489 e. The van der Waals surface area contributed by atoms with Crippen molar-refractivity contribution in [2.75, 3.05) is 29.7 Å². The number of carbonyl (C=O) groups excluding carboxylic acids is 2. The lowest BCUT2D eigenvalue weighted by molar-refractivity contribution is -0.141. The molecule has 2 aliphatic rings. The first-order valence-corrected chi connectivity index (χ1v) is 20.7. The highest BCUT2D eigenvalue weighted by Crippen LogP contribution is 2.39. The number of halogens is 5. The summed E-state index contributed by atoms with van der Waals surface area (Å²) in [7, 11) is 1.28. The van der Waals surface area contributed by atoms with E-state index >= 15 is 0 Å². The van der Waals surface area contributed by atoms with Gasteiger partial charge in [0.15, 0.2) is 16.8 Å². The maximum absolute atomic E-state index is 13.7. The Morgan fingerprint density at radius 1 is 1.02 bits per heavy atom. The van der Waals surface area contributed by atoms with Crippen LogP contribution in [0, 0.1) is 30.0 Å². The number of fused-ring (bicyclic) bond motifs is 2. The number of rotatable bonds is 9. The van der Waals surface area contributed by atoms with Crippen molar-refractivity contribution in [2.45, 2.75) is 75.5 Å². The average molecular weight is 893 g/mol. The Bertz CT molecular complexity index is 2330. The number of aromatic nitrogens is 3. The Morgan fingerprint density at radius 3 is 2.38 bits per heavy atom. The molecule has 0 bridgehead atoms. The second kappa shape index (κ2) is 21.3. The van der Waals surface area contributed by atoms with Crippen molar-refractivity contribution < 1.29 is 27.8 Å². The fourth-order valence-electron chi connectivity index (χ4n) is 7.25. The highest BCUT2D eigenvalue weighted by atomic mass is 35.5. The molecule has 0 saturated heterocycles. The number of nitrogens with one attached hydrogen (secondary N) is 1. The summed E-state index contributed by atoms with van der Waals surface area (Å²) in [6.45, 7) is 7.98. The Morgan fingerprint density at radius 2 is 1.72 bits per heavy atom. The van der Waals surface area contributed by atoms with Gasteiger partial charge in [-0.15, -0.1) is 0 Å². The van der Waals surface area contributed by atoms with Gasteiger partial charge in [-0.25, -0.2) is 8.78 Å². The van der Waals surface area contributed by atoms with Crippen molar-refractivity contribution in [3.8, 4) is 11.8 Å². The van der Waals surface area contributed by atoms with Crippen LogP contribution in [0.5, 0.6) is 5.75 Å². The SMILES string of the molecule is CC1COc2ccccc2N1C(=O)C(Cl)Cl.COC(=O)CC(c1cc(F)cc(Cl)c1)C(C#N)c1ccccc1.Cc1ccc2c(c1)[C@H](Nc1nc(N)nc(C(C)F)n1)[C@@H](C)C2. The number of nitrogens with two attached hydrogens (primary N) is 1.